The third kappa shape index (κ3) is 3.19. The average Bonchev–Trinajstić information content (AvgIpc) is 3.05. The molecule has 1 unspecified atom stereocenters. The van der Waals surface area contributed by atoms with E-state index in [1.165, 1.54) is 0 Å². The minimum atomic E-state index is -3.43. The maximum atomic E-state index is 12.9. The summed E-state index contributed by atoms with van der Waals surface area (Å²) >= 11 is 0. The van der Waals surface area contributed by atoms with Crippen molar-refractivity contribution < 1.29 is 13.2 Å². The molecule has 0 aliphatic carbocycles. The number of hydrogen-bond donors (Lipinski definition) is 0. The maximum absolute atomic E-state index is 12.9. The molecule has 3 rings (SSSR count). The summed E-state index contributed by atoms with van der Waals surface area (Å²) < 4.78 is 32.7. The molecule has 0 saturated carbocycles. The molecule has 5 heteroatoms. The van der Waals surface area contributed by atoms with Crippen LogP contribution in [0.15, 0.2) is 47.4 Å². The molecule has 1 aliphatic rings. The molecule has 2 aromatic carbocycles. The summed E-state index contributed by atoms with van der Waals surface area (Å²) in [5, 5.41) is 0. The van der Waals surface area contributed by atoms with Gasteiger partial charge in [0.2, 0.25) is 10.0 Å². The van der Waals surface area contributed by atoms with Crippen molar-refractivity contribution >= 4 is 10.0 Å². The second-order valence-electron chi connectivity index (χ2n) is 6.39. The lowest BCUT2D eigenvalue weighted by Gasteiger charge is -2.18. The van der Waals surface area contributed by atoms with Gasteiger partial charge in [0.05, 0.1) is 12.0 Å². The number of ether oxygens (including phenoxy) is 1. The Balaban J connectivity index is 1.81. The van der Waals surface area contributed by atoms with Crippen molar-refractivity contribution in [3.63, 3.8) is 0 Å². The molecule has 2 aromatic rings. The Kier molecular flexibility index (Phi) is 4.65. The van der Waals surface area contributed by atoms with Gasteiger partial charge in [-0.15, -0.1) is 0 Å². The fourth-order valence-corrected chi connectivity index (χ4v) is 5.03. The zero-order valence-electron chi connectivity index (χ0n) is 14.3. The van der Waals surface area contributed by atoms with Crippen molar-refractivity contribution in [3.05, 3.63) is 59.2 Å². The number of nitrogens with zero attached hydrogens (tertiary/aromatic N) is 1. The molecule has 0 spiro atoms. The molecule has 1 heterocycles. The van der Waals surface area contributed by atoms with E-state index < -0.39 is 10.0 Å². The van der Waals surface area contributed by atoms with Gasteiger partial charge < -0.3 is 4.74 Å². The van der Waals surface area contributed by atoms with Crippen LogP contribution in [0.25, 0.3) is 0 Å². The van der Waals surface area contributed by atoms with Crippen molar-refractivity contribution in [3.8, 4) is 5.75 Å². The highest BCUT2D eigenvalue weighted by Gasteiger charge is 2.33. The SMILES string of the molecule is COc1ccc(C2CCN(S(=O)(=O)c3ccc(C)cc3C)C2)cc1. The lowest BCUT2D eigenvalue weighted by Crippen LogP contribution is -2.29. The topological polar surface area (TPSA) is 46.6 Å². The van der Waals surface area contributed by atoms with Crippen molar-refractivity contribution in [2.45, 2.75) is 31.1 Å². The molecule has 24 heavy (non-hydrogen) atoms. The third-order valence-electron chi connectivity index (χ3n) is 4.69. The van der Waals surface area contributed by atoms with E-state index in [4.69, 9.17) is 4.74 Å². The van der Waals surface area contributed by atoms with E-state index in [0.717, 1.165) is 28.9 Å². The number of hydrogen-bond acceptors (Lipinski definition) is 3. The number of methoxy groups -OCH3 is 1. The first-order valence-electron chi connectivity index (χ1n) is 8.13. The van der Waals surface area contributed by atoms with Crippen LogP contribution in [-0.4, -0.2) is 32.9 Å². The Morgan fingerprint density at radius 3 is 2.42 bits per heavy atom. The van der Waals surface area contributed by atoms with Crippen molar-refractivity contribution in [1.82, 2.24) is 4.31 Å². The highest BCUT2D eigenvalue weighted by molar-refractivity contribution is 7.89. The lowest BCUT2D eigenvalue weighted by atomic mass is 9.99. The van der Waals surface area contributed by atoms with E-state index in [9.17, 15) is 8.42 Å². The molecule has 128 valence electrons. The van der Waals surface area contributed by atoms with Gasteiger partial charge in [0.1, 0.15) is 5.75 Å². The van der Waals surface area contributed by atoms with Crippen LogP contribution in [0.3, 0.4) is 0 Å². The van der Waals surface area contributed by atoms with Crippen LogP contribution in [0.2, 0.25) is 0 Å². The number of aryl methyl sites for hydroxylation is 2. The van der Waals surface area contributed by atoms with Gasteiger partial charge in [-0.1, -0.05) is 29.8 Å². The Bertz CT molecular complexity index is 828. The summed E-state index contributed by atoms with van der Waals surface area (Å²) in [7, 11) is -1.79. The second-order valence-corrected chi connectivity index (χ2v) is 8.30. The predicted molar refractivity (Wildman–Crippen MR) is 95.0 cm³/mol. The van der Waals surface area contributed by atoms with E-state index in [1.54, 1.807) is 17.5 Å². The molecule has 0 N–H and O–H groups in total. The Morgan fingerprint density at radius 2 is 1.79 bits per heavy atom. The highest BCUT2D eigenvalue weighted by Crippen LogP contribution is 2.32. The Labute approximate surface area is 144 Å². The zero-order chi connectivity index (χ0) is 17.3. The maximum Gasteiger partial charge on any atom is 0.243 e. The summed E-state index contributed by atoms with van der Waals surface area (Å²) in [4.78, 5) is 0.420. The molecule has 1 aliphatic heterocycles. The molecule has 4 nitrogen and oxygen atoms in total. The minimum absolute atomic E-state index is 0.233. The van der Waals surface area contributed by atoms with Crippen molar-refractivity contribution in [2.24, 2.45) is 0 Å². The Hall–Kier alpha value is -1.85. The largest absolute Gasteiger partial charge is 0.497 e. The van der Waals surface area contributed by atoms with Crippen LogP contribution in [0, 0.1) is 13.8 Å². The van der Waals surface area contributed by atoms with Gasteiger partial charge in [-0.25, -0.2) is 8.42 Å². The summed E-state index contributed by atoms with van der Waals surface area (Å²) in [6.45, 7) is 4.92. The highest BCUT2D eigenvalue weighted by atomic mass is 32.2. The average molecular weight is 345 g/mol. The molecule has 0 aromatic heterocycles. The summed E-state index contributed by atoms with van der Waals surface area (Å²) in [6.07, 6.45) is 0.844. The van der Waals surface area contributed by atoms with Gasteiger partial charge in [-0.2, -0.15) is 4.31 Å². The number of benzene rings is 2. The first-order valence-corrected chi connectivity index (χ1v) is 9.57. The predicted octanol–water partition coefficient (Wildman–Crippen LogP) is 3.49. The van der Waals surface area contributed by atoms with Crippen LogP contribution >= 0.6 is 0 Å². The quantitative estimate of drug-likeness (QED) is 0.852. The van der Waals surface area contributed by atoms with Crippen LogP contribution < -0.4 is 4.74 Å². The molecule has 1 atom stereocenters. The molecule has 1 fully saturated rings. The minimum Gasteiger partial charge on any atom is -0.497 e. The summed E-state index contributed by atoms with van der Waals surface area (Å²) in [5.74, 6) is 1.05. The normalized spacial score (nSPS) is 18.7. The van der Waals surface area contributed by atoms with Gasteiger partial charge >= 0.3 is 0 Å². The first-order chi connectivity index (χ1) is 11.4. The lowest BCUT2D eigenvalue weighted by molar-refractivity contribution is 0.414. The molecule has 0 amide bonds. The van der Waals surface area contributed by atoms with E-state index in [0.29, 0.717) is 18.0 Å². The molecular formula is C19H23NO3S. The molecule has 0 radical (unpaired) electrons. The van der Waals surface area contributed by atoms with Gasteiger partial charge in [-0.3, -0.25) is 0 Å². The molecule has 0 bridgehead atoms. The standard InChI is InChI=1S/C19H23NO3S/c1-14-4-9-19(15(2)12-14)24(21,22)20-11-10-17(13-20)16-5-7-18(23-3)8-6-16/h4-9,12,17H,10-11,13H2,1-3H3. The van der Waals surface area contributed by atoms with Crippen molar-refractivity contribution in [1.29, 1.82) is 0 Å². The summed E-state index contributed by atoms with van der Waals surface area (Å²) in [6, 6.07) is 13.4. The second kappa shape index (κ2) is 6.57. The van der Waals surface area contributed by atoms with Gasteiger partial charge in [0, 0.05) is 13.1 Å². The first kappa shape index (κ1) is 17.0. The van der Waals surface area contributed by atoms with Crippen LogP contribution in [-0.2, 0) is 10.0 Å². The van der Waals surface area contributed by atoms with Gasteiger partial charge in [-0.05, 0) is 55.5 Å². The third-order valence-corrected chi connectivity index (χ3v) is 6.71. The van der Waals surface area contributed by atoms with Gasteiger partial charge in [0.15, 0.2) is 0 Å². The molecule has 1 saturated heterocycles. The van der Waals surface area contributed by atoms with E-state index in [-0.39, 0.29) is 5.92 Å². The molecular weight excluding hydrogens is 322 g/mol. The Morgan fingerprint density at radius 1 is 1.08 bits per heavy atom. The van der Waals surface area contributed by atoms with Gasteiger partial charge in [0.25, 0.3) is 0 Å². The zero-order valence-corrected chi connectivity index (χ0v) is 15.1. The fraction of sp³-hybridized carbons (Fsp3) is 0.368. The van der Waals surface area contributed by atoms with E-state index in [1.807, 2.05) is 50.2 Å². The summed E-state index contributed by atoms with van der Waals surface area (Å²) in [5.41, 5.74) is 3.04. The van der Waals surface area contributed by atoms with Crippen LogP contribution in [0.4, 0.5) is 0 Å². The monoisotopic (exact) mass is 345 g/mol. The fourth-order valence-electron chi connectivity index (χ4n) is 3.32. The van der Waals surface area contributed by atoms with Crippen LogP contribution in [0.5, 0.6) is 5.75 Å². The number of sulfonamides is 1. The smallest absolute Gasteiger partial charge is 0.243 e. The van der Waals surface area contributed by atoms with Crippen LogP contribution in [0.1, 0.15) is 29.0 Å². The van der Waals surface area contributed by atoms with E-state index >= 15 is 0 Å². The van der Waals surface area contributed by atoms with Crippen molar-refractivity contribution in [2.75, 3.05) is 20.2 Å². The number of rotatable bonds is 4. The van der Waals surface area contributed by atoms with E-state index in [2.05, 4.69) is 0 Å².